The maximum atomic E-state index is 13.5. The first-order valence-corrected chi connectivity index (χ1v) is 8.70. The van der Waals surface area contributed by atoms with Crippen LogP contribution in [0.3, 0.4) is 0 Å². The Bertz CT molecular complexity index is 860. The number of benzene rings is 2. The summed E-state index contributed by atoms with van der Waals surface area (Å²) >= 11 is 12.7. The molecule has 1 heterocycles. The first kappa shape index (κ1) is 16.8. The maximum absolute atomic E-state index is 13.5. The molecule has 4 rings (SSSR count). The maximum Gasteiger partial charge on any atom is 0.416 e. The average Bonchev–Trinajstić information content (AvgIpc) is 3.06. The zero-order valence-electron chi connectivity index (χ0n) is 12.9. The van der Waals surface area contributed by atoms with Gasteiger partial charge in [0.05, 0.1) is 22.3 Å². The molecule has 25 heavy (non-hydrogen) atoms. The number of fused-ring (bicyclic) bond motifs is 3. The molecule has 1 aliphatic carbocycles. The van der Waals surface area contributed by atoms with Crippen LogP contribution in [0, 0.1) is 5.92 Å². The number of rotatable bonds is 1. The molecule has 0 spiro atoms. The SMILES string of the molecule is FC(F)(F)c1ccccc1[C@@H]1Nc2c(Cl)ccc(Cl)c2C2C=CCC21. The van der Waals surface area contributed by atoms with Crippen molar-refractivity contribution >= 4 is 28.9 Å². The minimum Gasteiger partial charge on any atom is -0.376 e. The highest BCUT2D eigenvalue weighted by molar-refractivity contribution is 6.36. The number of hydrogen-bond donors (Lipinski definition) is 1. The minimum absolute atomic E-state index is 0.0352. The van der Waals surface area contributed by atoms with Gasteiger partial charge in [0, 0.05) is 16.5 Å². The van der Waals surface area contributed by atoms with Gasteiger partial charge in [-0.15, -0.1) is 0 Å². The lowest BCUT2D eigenvalue weighted by Crippen LogP contribution is -2.31. The number of nitrogens with one attached hydrogen (secondary N) is 1. The van der Waals surface area contributed by atoms with Crippen LogP contribution in [0.25, 0.3) is 0 Å². The van der Waals surface area contributed by atoms with Gasteiger partial charge in [0.15, 0.2) is 0 Å². The normalized spacial score (nSPS) is 24.6. The van der Waals surface area contributed by atoms with E-state index in [9.17, 15) is 13.2 Å². The van der Waals surface area contributed by atoms with E-state index in [2.05, 4.69) is 5.32 Å². The molecule has 0 aromatic heterocycles. The fourth-order valence-electron chi connectivity index (χ4n) is 3.96. The van der Waals surface area contributed by atoms with Crippen LogP contribution in [-0.4, -0.2) is 0 Å². The lowest BCUT2D eigenvalue weighted by molar-refractivity contribution is -0.138. The van der Waals surface area contributed by atoms with Crippen LogP contribution in [-0.2, 0) is 6.18 Å². The molecule has 130 valence electrons. The molecule has 0 amide bonds. The Kier molecular flexibility index (Phi) is 4.00. The molecule has 2 unspecified atom stereocenters. The molecule has 0 radical (unpaired) electrons. The number of allylic oxidation sites excluding steroid dienone is 2. The third kappa shape index (κ3) is 2.72. The molecular weight excluding hydrogens is 370 g/mol. The number of halogens is 5. The number of alkyl halides is 3. The van der Waals surface area contributed by atoms with E-state index in [-0.39, 0.29) is 17.4 Å². The highest BCUT2D eigenvalue weighted by Gasteiger charge is 2.43. The van der Waals surface area contributed by atoms with Crippen LogP contribution in [0.4, 0.5) is 18.9 Å². The van der Waals surface area contributed by atoms with E-state index >= 15 is 0 Å². The molecule has 1 aliphatic heterocycles. The van der Waals surface area contributed by atoms with Gasteiger partial charge in [-0.3, -0.25) is 0 Å². The molecule has 2 aromatic rings. The van der Waals surface area contributed by atoms with Crippen LogP contribution in [0.5, 0.6) is 0 Å². The van der Waals surface area contributed by atoms with Crippen molar-refractivity contribution < 1.29 is 13.2 Å². The average molecular weight is 384 g/mol. The third-order valence-corrected chi connectivity index (χ3v) is 5.66. The molecule has 1 N–H and O–H groups in total. The lowest BCUT2D eigenvalue weighted by Gasteiger charge is -2.39. The lowest BCUT2D eigenvalue weighted by atomic mass is 9.76. The van der Waals surface area contributed by atoms with E-state index < -0.39 is 17.8 Å². The fourth-order valence-corrected chi connectivity index (χ4v) is 4.47. The van der Waals surface area contributed by atoms with E-state index in [4.69, 9.17) is 23.2 Å². The highest BCUT2D eigenvalue weighted by atomic mass is 35.5. The smallest absolute Gasteiger partial charge is 0.376 e. The predicted molar refractivity (Wildman–Crippen MR) is 94.3 cm³/mol. The first-order valence-electron chi connectivity index (χ1n) is 7.95. The van der Waals surface area contributed by atoms with E-state index in [1.54, 1.807) is 24.3 Å². The summed E-state index contributed by atoms with van der Waals surface area (Å²) in [5.74, 6) is -0.0827. The van der Waals surface area contributed by atoms with Crippen LogP contribution in [0.2, 0.25) is 10.0 Å². The van der Waals surface area contributed by atoms with Crippen molar-refractivity contribution in [2.45, 2.75) is 24.6 Å². The summed E-state index contributed by atoms with van der Waals surface area (Å²) in [4.78, 5) is 0. The molecule has 0 bridgehead atoms. The summed E-state index contributed by atoms with van der Waals surface area (Å²) < 4.78 is 40.5. The molecule has 2 aliphatic rings. The molecule has 0 saturated heterocycles. The monoisotopic (exact) mass is 383 g/mol. The van der Waals surface area contributed by atoms with E-state index in [0.717, 1.165) is 11.6 Å². The van der Waals surface area contributed by atoms with Gasteiger partial charge in [0.1, 0.15) is 0 Å². The molecule has 3 atom stereocenters. The largest absolute Gasteiger partial charge is 0.416 e. The predicted octanol–water partition coefficient (Wildman–Crippen LogP) is 6.84. The number of hydrogen-bond acceptors (Lipinski definition) is 1. The Hall–Kier alpha value is -1.65. The Morgan fingerprint density at radius 2 is 1.72 bits per heavy atom. The summed E-state index contributed by atoms with van der Waals surface area (Å²) in [6.07, 6.45) is 0.317. The van der Waals surface area contributed by atoms with E-state index in [0.29, 0.717) is 22.2 Å². The van der Waals surface area contributed by atoms with Gasteiger partial charge in [0.25, 0.3) is 0 Å². The van der Waals surface area contributed by atoms with Crippen molar-refractivity contribution in [3.05, 3.63) is 75.3 Å². The second kappa shape index (κ2) is 5.96. The van der Waals surface area contributed by atoms with Gasteiger partial charge in [0.2, 0.25) is 0 Å². The number of anilines is 1. The molecule has 1 nitrogen and oxygen atoms in total. The second-order valence-electron chi connectivity index (χ2n) is 6.38. The van der Waals surface area contributed by atoms with Crippen molar-refractivity contribution in [1.29, 1.82) is 0 Å². The van der Waals surface area contributed by atoms with Gasteiger partial charge in [-0.2, -0.15) is 13.2 Å². The van der Waals surface area contributed by atoms with Crippen LogP contribution in [0.15, 0.2) is 48.6 Å². The van der Waals surface area contributed by atoms with Gasteiger partial charge in [-0.1, -0.05) is 53.6 Å². The van der Waals surface area contributed by atoms with E-state index in [1.807, 2.05) is 12.2 Å². The summed E-state index contributed by atoms with van der Waals surface area (Å²) in [7, 11) is 0. The zero-order valence-corrected chi connectivity index (χ0v) is 14.5. The van der Waals surface area contributed by atoms with Gasteiger partial charge < -0.3 is 5.32 Å². The molecule has 0 saturated carbocycles. The van der Waals surface area contributed by atoms with Gasteiger partial charge >= 0.3 is 6.18 Å². The standard InChI is InChI=1S/C19H14Cl2F3N/c20-14-8-9-15(21)18-16(14)10-5-3-6-11(10)17(25-18)12-4-1-2-7-13(12)19(22,23)24/h1-5,7-11,17,25H,6H2/t10?,11?,17-/m1/s1. The molecule has 0 fully saturated rings. The van der Waals surface area contributed by atoms with Crippen molar-refractivity contribution in [1.82, 2.24) is 0 Å². The van der Waals surface area contributed by atoms with Crippen LogP contribution < -0.4 is 5.32 Å². The fraction of sp³-hybridized carbons (Fsp3) is 0.263. The van der Waals surface area contributed by atoms with Crippen molar-refractivity contribution in [2.24, 2.45) is 5.92 Å². The Morgan fingerprint density at radius 3 is 2.48 bits per heavy atom. The van der Waals surface area contributed by atoms with E-state index in [1.165, 1.54) is 6.07 Å². The van der Waals surface area contributed by atoms with Crippen molar-refractivity contribution in [3.8, 4) is 0 Å². The zero-order chi connectivity index (χ0) is 17.8. The van der Waals surface area contributed by atoms with Gasteiger partial charge in [-0.25, -0.2) is 0 Å². The van der Waals surface area contributed by atoms with Crippen molar-refractivity contribution in [3.63, 3.8) is 0 Å². The molecular formula is C19H14Cl2F3N. The minimum atomic E-state index is -4.40. The Labute approximate surface area is 153 Å². The Balaban J connectivity index is 1.88. The summed E-state index contributed by atoms with van der Waals surface area (Å²) in [6.45, 7) is 0. The quantitative estimate of drug-likeness (QED) is 0.531. The Morgan fingerprint density at radius 1 is 1.00 bits per heavy atom. The molecule has 6 heteroatoms. The van der Waals surface area contributed by atoms with Crippen LogP contribution >= 0.6 is 23.2 Å². The topological polar surface area (TPSA) is 12.0 Å². The van der Waals surface area contributed by atoms with Gasteiger partial charge in [-0.05, 0) is 36.1 Å². The summed E-state index contributed by atoms with van der Waals surface area (Å²) in [5, 5.41) is 4.29. The highest BCUT2D eigenvalue weighted by Crippen LogP contribution is 2.54. The molecule has 2 aromatic carbocycles. The third-order valence-electron chi connectivity index (χ3n) is 5.02. The van der Waals surface area contributed by atoms with Crippen molar-refractivity contribution in [2.75, 3.05) is 5.32 Å². The van der Waals surface area contributed by atoms with Crippen LogP contribution in [0.1, 0.15) is 35.1 Å². The first-order chi connectivity index (χ1) is 11.9. The summed E-state index contributed by atoms with van der Waals surface area (Å²) in [5.41, 5.74) is 1.13. The summed E-state index contributed by atoms with van der Waals surface area (Å²) in [6, 6.07) is 8.64. The second-order valence-corrected chi connectivity index (χ2v) is 7.19.